The molecule has 0 aliphatic heterocycles. The van der Waals surface area contributed by atoms with Crippen LogP contribution in [0.15, 0.2) is 138 Å². The number of pyridine rings is 1. The maximum atomic E-state index is 6.42. The molecule has 0 fully saturated rings. The van der Waals surface area contributed by atoms with E-state index in [9.17, 15) is 0 Å². The number of fused-ring (bicyclic) bond motifs is 6. The van der Waals surface area contributed by atoms with E-state index in [4.69, 9.17) is 19.4 Å². The molecule has 9 rings (SSSR count). The molecule has 0 atom stereocenters. The van der Waals surface area contributed by atoms with Gasteiger partial charge in [0.1, 0.15) is 11.2 Å². The van der Waals surface area contributed by atoms with Crippen molar-refractivity contribution < 1.29 is 4.42 Å². The first kappa shape index (κ1) is 26.5. The van der Waals surface area contributed by atoms with Crippen molar-refractivity contribution in [3.8, 4) is 56.4 Å². The highest BCUT2D eigenvalue weighted by Crippen LogP contribution is 2.49. The minimum absolute atomic E-state index is 0.124. The van der Waals surface area contributed by atoms with Crippen molar-refractivity contribution in [2.75, 3.05) is 0 Å². The minimum atomic E-state index is -0.124. The smallest absolute Gasteiger partial charge is 0.164 e. The predicted molar refractivity (Wildman–Crippen MR) is 184 cm³/mol. The van der Waals surface area contributed by atoms with Crippen LogP contribution in [-0.4, -0.2) is 19.9 Å². The molecule has 5 heteroatoms. The maximum Gasteiger partial charge on any atom is 0.164 e. The average molecular weight is 593 g/mol. The molecule has 0 N–H and O–H groups in total. The van der Waals surface area contributed by atoms with E-state index in [1.165, 1.54) is 22.3 Å². The molecule has 0 radical (unpaired) electrons. The molecule has 1 aliphatic carbocycles. The molecule has 218 valence electrons. The number of rotatable bonds is 4. The highest BCUT2D eigenvalue weighted by Gasteiger charge is 2.35. The first-order valence-electron chi connectivity index (χ1n) is 15.5. The van der Waals surface area contributed by atoms with Crippen molar-refractivity contribution in [3.63, 3.8) is 0 Å². The van der Waals surface area contributed by atoms with Gasteiger partial charge in [0.25, 0.3) is 0 Å². The Labute approximate surface area is 266 Å². The van der Waals surface area contributed by atoms with E-state index in [-0.39, 0.29) is 5.41 Å². The summed E-state index contributed by atoms with van der Waals surface area (Å²) in [5, 5.41) is 2.11. The Balaban J connectivity index is 1.21. The van der Waals surface area contributed by atoms with Crippen LogP contribution < -0.4 is 0 Å². The first-order valence-corrected chi connectivity index (χ1v) is 15.5. The van der Waals surface area contributed by atoms with Crippen LogP contribution in [0.5, 0.6) is 0 Å². The van der Waals surface area contributed by atoms with Gasteiger partial charge in [0.2, 0.25) is 0 Å². The van der Waals surface area contributed by atoms with Crippen LogP contribution in [0, 0.1) is 0 Å². The SMILES string of the molecule is CC1(C)c2ccccc2-c2ccc(-c3nc(-c4ccccc4)nc(-c4ccc5c(c4)oc4cccc(-c6cccnc6)c45)n3)cc21. The van der Waals surface area contributed by atoms with Crippen LogP contribution in [0.3, 0.4) is 0 Å². The molecule has 5 aromatic carbocycles. The Morgan fingerprint density at radius 1 is 0.500 bits per heavy atom. The van der Waals surface area contributed by atoms with Crippen LogP contribution in [0.1, 0.15) is 25.0 Å². The van der Waals surface area contributed by atoms with Gasteiger partial charge in [-0.25, -0.2) is 15.0 Å². The standard InChI is InChI=1S/C41H28N4O/c1-41(2)33-15-7-6-13-30(33)31-19-17-26(22-34(31)41)39-43-38(25-10-4-3-5-11-25)44-40(45-39)27-18-20-32-36(23-27)46-35-16-8-14-29(37(32)35)28-12-9-21-42-24-28/h3-24H,1-2H3. The minimum Gasteiger partial charge on any atom is -0.456 e. The van der Waals surface area contributed by atoms with Gasteiger partial charge in [-0.15, -0.1) is 0 Å². The second kappa shape index (κ2) is 10.0. The molecule has 0 bridgehead atoms. The monoisotopic (exact) mass is 592 g/mol. The third kappa shape index (κ3) is 4.09. The van der Waals surface area contributed by atoms with E-state index in [1.54, 1.807) is 6.20 Å². The normalized spacial score (nSPS) is 13.2. The predicted octanol–water partition coefficient (Wildman–Crippen LogP) is 10.1. The lowest BCUT2D eigenvalue weighted by molar-refractivity contribution is 0.660. The topological polar surface area (TPSA) is 64.7 Å². The lowest BCUT2D eigenvalue weighted by Crippen LogP contribution is -2.15. The fraction of sp³-hybridized carbons (Fsp3) is 0.0732. The van der Waals surface area contributed by atoms with E-state index in [2.05, 4.69) is 85.6 Å². The van der Waals surface area contributed by atoms with Gasteiger partial charge in [0, 0.05) is 50.8 Å². The summed E-state index contributed by atoms with van der Waals surface area (Å²) in [6.07, 6.45) is 3.68. The largest absolute Gasteiger partial charge is 0.456 e. The van der Waals surface area contributed by atoms with Crippen LogP contribution in [0.4, 0.5) is 0 Å². The maximum absolute atomic E-state index is 6.42. The molecule has 0 amide bonds. The number of hydrogen-bond acceptors (Lipinski definition) is 5. The highest BCUT2D eigenvalue weighted by atomic mass is 16.3. The zero-order valence-electron chi connectivity index (χ0n) is 25.4. The Bertz CT molecular complexity index is 2450. The van der Waals surface area contributed by atoms with E-state index >= 15 is 0 Å². The van der Waals surface area contributed by atoms with Gasteiger partial charge in [0.15, 0.2) is 17.5 Å². The Morgan fingerprint density at radius 3 is 1.98 bits per heavy atom. The molecule has 46 heavy (non-hydrogen) atoms. The summed E-state index contributed by atoms with van der Waals surface area (Å²) in [6.45, 7) is 4.58. The summed E-state index contributed by atoms with van der Waals surface area (Å²) in [5.41, 5.74) is 11.6. The molecule has 0 saturated carbocycles. The van der Waals surface area contributed by atoms with E-state index < -0.39 is 0 Å². The van der Waals surface area contributed by atoms with Gasteiger partial charge in [-0.1, -0.05) is 105 Å². The zero-order chi connectivity index (χ0) is 30.8. The average Bonchev–Trinajstić information content (AvgIpc) is 3.60. The van der Waals surface area contributed by atoms with Crippen LogP contribution in [0.25, 0.3) is 78.4 Å². The lowest BCUT2D eigenvalue weighted by Gasteiger charge is -2.21. The summed E-state index contributed by atoms with van der Waals surface area (Å²) in [7, 11) is 0. The molecule has 3 aromatic heterocycles. The third-order valence-electron chi connectivity index (χ3n) is 9.24. The second-order valence-corrected chi connectivity index (χ2v) is 12.3. The van der Waals surface area contributed by atoms with Crippen LogP contribution in [0.2, 0.25) is 0 Å². The molecule has 0 saturated heterocycles. The number of benzene rings is 5. The van der Waals surface area contributed by atoms with Crippen molar-refractivity contribution >= 4 is 21.9 Å². The summed E-state index contributed by atoms with van der Waals surface area (Å²) < 4.78 is 6.42. The van der Waals surface area contributed by atoms with Gasteiger partial charge in [-0.2, -0.15) is 0 Å². The molecule has 8 aromatic rings. The highest BCUT2D eigenvalue weighted by molar-refractivity contribution is 6.12. The summed E-state index contributed by atoms with van der Waals surface area (Å²) in [6, 6.07) is 41.8. The summed E-state index contributed by atoms with van der Waals surface area (Å²) >= 11 is 0. The molecule has 5 nitrogen and oxygen atoms in total. The van der Waals surface area contributed by atoms with Crippen LogP contribution in [-0.2, 0) is 5.41 Å². The Morgan fingerprint density at radius 2 is 1.17 bits per heavy atom. The third-order valence-corrected chi connectivity index (χ3v) is 9.24. The van der Waals surface area contributed by atoms with Gasteiger partial charge in [-0.05, 0) is 58.1 Å². The molecule has 1 aliphatic rings. The lowest BCUT2D eigenvalue weighted by atomic mass is 9.82. The number of aromatic nitrogens is 4. The van der Waals surface area contributed by atoms with Gasteiger partial charge < -0.3 is 4.42 Å². The Hall–Kier alpha value is -5.94. The molecule has 0 unspecified atom stereocenters. The van der Waals surface area contributed by atoms with E-state index in [0.29, 0.717) is 17.5 Å². The van der Waals surface area contributed by atoms with E-state index in [0.717, 1.165) is 49.8 Å². The van der Waals surface area contributed by atoms with Crippen molar-refractivity contribution in [1.29, 1.82) is 0 Å². The van der Waals surface area contributed by atoms with Crippen molar-refractivity contribution in [3.05, 3.63) is 145 Å². The van der Waals surface area contributed by atoms with Gasteiger partial charge >= 0.3 is 0 Å². The molecular weight excluding hydrogens is 564 g/mol. The van der Waals surface area contributed by atoms with Gasteiger partial charge in [0.05, 0.1) is 0 Å². The van der Waals surface area contributed by atoms with E-state index in [1.807, 2.05) is 60.8 Å². The fourth-order valence-electron chi connectivity index (χ4n) is 6.92. The van der Waals surface area contributed by atoms with Crippen molar-refractivity contribution in [1.82, 2.24) is 19.9 Å². The van der Waals surface area contributed by atoms with Crippen molar-refractivity contribution in [2.24, 2.45) is 0 Å². The molecular formula is C41H28N4O. The fourth-order valence-corrected chi connectivity index (χ4v) is 6.92. The molecule has 3 heterocycles. The van der Waals surface area contributed by atoms with Crippen LogP contribution >= 0.6 is 0 Å². The quantitative estimate of drug-likeness (QED) is 0.203. The second-order valence-electron chi connectivity index (χ2n) is 12.3. The summed E-state index contributed by atoms with van der Waals surface area (Å²) in [5.74, 6) is 1.87. The van der Waals surface area contributed by atoms with Gasteiger partial charge in [-0.3, -0.25) is 4.98 Å². The zero-order valence-corrected chi connectivity index (χ0v) is 25.4. The number of furan rings is 1. The number of nitrogens with zero attached hydrogens (tertiary/aromatic N) is 4. The summed E-state index contributed by atoms with van der Waals surface area (Å²) in [4.78, 5) is 19.4. The first-order chi connectivity index (χ1) is 22.5. The van der Waals surface area contributed by atoms with Crippen molar-refractivity contribution in [2.45, 2.75) is 19.3 Å². The Kier molecular flexibility index (Phi) is 5.78. The molecule has 0 spiro atoms. The number of hydrogen-bond donors (Lipinski definition) is 0.